The first-order chi connectivity index (χ1) is 14.6. The Kier molecular flexibility index (Phi) is 4.77. The maximum Gasteiger partial charge on any atom is 0.274 e. The molecule has 0 atom stereocenters. The fraction of sp³-hybridized carbons (Fsp3) is 0.0435. The van der Waals surface area contributed by atoms with E-state index in [1.54, 1.807) is 40.9 Å². The maximum atomic E-state index is 13.5. The van der Waals surface area contributed by atoms with Crippen molar-refractivity contribution in [1.82, 2.24) is 0 Å². The van der Waals surface area contributed by atoms with E-state index in [0.717, 1.165) is 21.3 Å². The van der Waals surface area contributed by atoms with Crippen LogP contribution >= 0.6 is 23.5 Å². The van der Waals surface area contributed by atoms with Crippen LogP contribution < -0.4 is 9.80 Å². The Balaban J connectivity index is 1.61. The van der Waals surface area contributed by atoms with E-state index in [9.17, 15) is 9.90 Å². The zero-order chi connectivity index (χ0) is 20.7. The van der Waals surface area contributed by atoms with E-state index in [4.69, 9.17) is 4.99 Å². The number of aromatic hydroxyl groups is 1. The number of thioether (sulfide) groups is 2. The monoisotopic (exact) mass is 431 g/mol. The molecule has 2 heterocycles. The van der Waals surface area contributed by atoms with Crippen molar-refractivity contribution in [2.75, 3.05) is 16.8 Å². The second-order valence-corrected chi connectivity index (χ2v) is 8.76. The average molecular weight is 432 g/mol. The Labute approximate surface area is 182 Å². The molecule has 0 radical (unpaired) electrons. The Morgan fingerprint density at radius 1 is 0.867 bits per heavy atom. The van der Waals surface area contributed by atoms with E-state index in [1.807, 2.05) is 49.5 Å². The third kappa shape index (κ3) is 3.26. The lowest BCUT2D eigenvalue weighted by Crippen LogP contribution is -2.29. The molecule has 0 unspecified atom stereocenters. The van der Waals surface area contributed by atoms with Crippen LogP contribution in [0.4, 0.5) is 17.1 Å². The van der Waals surface area contributed by atoms with Crippen molar-refractivity contribution in [2.45, 2.75) is 4.90 Å². The molecule has 5 rings (SSSR count). The summed E-state index contributed by atoms with van der Waals surface area (Å²) >= 11 is 2.97. The molecule has 148 valence electrons. The maximum absolute atomic E-state index is 13.5. The number of amidine groups is 1. The van der Waals surface area contributed by atoms with E-state index in [-0.39, 0.29) is 11.7 Å². The number of hydrogen-bond donors (Lipinski definition) is 1. The van der Waals surface area contributed by atoms with Crippen molar-refractivity contribution in [3.63, 3.8) is 0 Å². The van der Waals surface area contributed by atoms with E-state index in [1.165, 1.54) is 11.8 Å². The van der Waals surface area contributed by atoms with Gasteiger partial charge in [-0.2, -0.15) is 0 Å². The first-order valence-electron chi connectivity index (χ1n) is 9.32. The number of phenols is 1. The summed E-state index contributed by atoms with van der Waals surface area (Å²) in [6, 6.07) is 24.3. The van der Waals surface area contributed by atoms with Gasteiger partial charge < -0.3 is 10.0 Å². The van der Waals surface area contributed by atoms with Gasteiger partial charge >= 0.3 is 0 Å². The fourth-order valence-corrected chi connectivity index (χ4v) is 5.67. The minimum atomic E-state index is -0.123. The van der Waals surface area contributed by atoms with Gasteiger partial charge in [0.25, 0.3) is 5.91 Å². The number of carbonyl (C=O) groups is 1. The van der Waals surface area contributed by atoms with Crippen LogP contribution in [0.25, 0.3) is 0 Å². The number of carbonyl (C=O) groups excluding carboxylic acids is 1. The van der Waals surface area contributed by atoms with Gasteiger partial charge in [0.1, 0.15) is 10.7 Å². The molecule has 30 heavy (non-hydrogen) atoms. The number of phenolic OH excluding ortho intramolecular Hbond substituents is 1. The topological polar surface area (TPSA) is 56.1 Å². The summed E-state index contributed by atoms with van der Waals surface area (Å²) in [5, 5.41) is 11.2. The Morgan fingerprint density at radius 2 is 1.57 bits per heavy atom. The number of fused-ring (bicyclic) bond motifs is 1. The molecule has 1 saturated heterocycles. The zero-order valence-corrected chi connectivity index (χ0v) is 17.7. The molecule has 7 heteroatoms. The standard InChI is InChI=1S/C23H17N3O2S2/c1-25-18-9-5-6-10-19(18)29-22(25)20-21(28)26(16-11-13-17(27)14-12-16)23(30-20)24-15-7-3-2-4-8-15/h2-14,27H,1H3/b22-20-,24-23?. The van der Waals surface area contributed by atoms with Crippen molar-refractivity contribution < 1.29 is 9.90 Å². The van der Waals surface area contributed by atoms with Crippen molar-refractivity contribution in [1.29, 1.82) is 0 Å². The van der Waals surface area contributed by atoms with Crippen molar-refractivity contribution in [2.24, 2.45) is 4.99 Å². The molecule has 1 fully saturated rings. The number of para-hydroxylation sites is 2. The Hall–Kier alpha value is -3.16. The molecule has 1 amide bonds. The quantitative estimate of drug-likeness (QED) is 0.538. The van der Waals surface area contributed by atoms with Gasteiger partial charge in [-0.3, -0.25) is 9.69 Å². The summed E-state index contributed by atoms with van der Waals surface area (Å²) in [6.45, 7) is 0. The molecule has 0 spiro atoms. The van der Waals surface area contributed by atoms with Gasteiger partial charge in [0, 0.05) is 11.9 Å². The minimum absolute atomic E-state index is 0.123. The molecular weight excluding hydrogens is 414 g/mol. The van der Waals surface area contributed by atoms with Gasteiger partial charge in [0.2, 0.25) is 0 Å². The van der Waals surface area contributed by atoms with Crippen molar-refractivity contribution in [3.05, 3.63) is 88.8 Å². The largest absolute Gasteiger partial charge is 0.508 e. The molecule has 1 N–H and O–H groups in total. The Bertz CT molecular complexity index is 1190. The number of amides is 1. The summed E-state index contributed by atoms with van der Waals surface area (Å²) in [7, 11) is 1.98. The lowest BCUT2D eigenvalue weighted by atomic mass is 10.2. The highest BCUT2D eigenvalue weighted by Crippen LogP contribution is 2.50. The van der Waals surface area contributed by atoms with Gasteiger partial charge in [-0.15, -0.1) is 0 Å². The summed E-state index contributed by atoms with van der Waals surface area (Å²) in [6.07, 6.45) is 0. The number of benzene rings is 3. The van der Waals surface area contributed by atoms with Gasteiger partial charge in [-0.1, -0.05) is 42.1 Å². The van der Waals surface area contributed by atoms with E-state index in [2.05, 4.69) is 17.0 Å². The van der Waals surface area contributed by atoms with Gasteiger partial charge in [-0.25, -0.2) is 4.99 Å². The summed E-state index contributed by atoms with van der Waals surface area (Å²) in [5.74, 6) is 0.0298. The van der Waals surface area contributed by atoms with Crippen molar-refractivity contribution >= 4 is 51.7 Å². The molecule has 3 aromatic carbocycles. The van der Waals surface area contributed by atoms with Crippen LogP contribution in [0.5, 0.6) is 5.75 Å². The van der Waals surface area contributed by atoms with Gasteiger partial charge in [0.05, 0.1) is 22.1 Å². The highest BCUT2D eigenvalue weighted by atomic mass is 32.2. The number of hydrogen-bond acceptors (Lipinski definition) is 6. The van der Waals surface area contributed by atoms with E-state index < -0.39 is 0 Å². The van der Waals surface area contributed by atoms with Crippen LogP contribution in [0.3, 0.4) is 0 Å². The van der Waals surface area contributed by atoms with Crippen LogP contribution in [-0.2, 0) is 4.79 Å². The first kappa shape index (κ1) is 18.8. The third-order valence-corrected chi connectivity index (χ3v) is 7.20. The van der Waals surface area contributed by atoms with Crippen LogP contribution in [0.1, 0.15) is 0 Å². The SMILES string of the molecule is CN1/C(=C2/SC(=Nc3ccccc3)N(c3ccc(O)cc3)C2=O)Sc2ccccc21. The number of aliphatic imine (C=N–C) groups is 1. The highest BCUT2D eigenvalue weighted by molar-refractivity contribution is 8.20. The van der Waals surface area contributed by atoms with Crippen molar-refractivity contribution in [3.8, 4) is 5.75 Å². The molecular formula is C23H17N3O2S2. The van der Waals surface area contributed by atoms with Crippen LogP contribution in [0.2, 0.25) is 0 Å². The highest BCUT2D eigenvalue weighted by Gasteiger charge is 2.40. The van der Waals surface area contributed by atoms with Gasteiger partial charge in [0.15, 0.2) is 5.17 Å². The molecule has 0 aromatic heterocycles. The molecule has 0 saturated carbocycles. The average Bonchev–Trinajstić information content (AvgIpc) is 3.26. The molecule has 5 nitrogen and oxygen atoms in total. The Morgan fingerprint density at radius 3 is 2.30 bits per heavy atom. The number of anilines is 2. The van der Waals surface area contributed by atoms with E-state index >= 15 is 0 Å². The predicted octanol–water partition coefficient (Wildman–Crippen LogP) is 5.57. The molecule has 3 aromatic rings. The molecule has 2 aliphatic rings. The lowest BCUT2D eigenvalue weighted by molar-refractivity contribution is -0.113. The summed E-state index contributed by atoms with van der Waals surface area (Å²) < 4.78 is 0. The number of nitrogens with zero attached hydrogens (tertiary/aromatic N) is 3. The second-order valence-electron chi connectivity index (χ2n) is 6.75. The zero-order valence-electron chi connectivity index (χ0n) is 16.0. The number of rotatable bonds is 2. The van der Waals surface area contributed by atoms with Crippen LogP contribution in [0.15, 0.2) is 98.7 Å². The van der Waals surface area contributed by atoms with Gasteiger partial charge in [-0.05, 0) is 60.3 Å². The van der Waals surface area contributed by atoms with Crippen LogP contribution in [0, 0.1) is 0 Å². The smallest absolute Gasteiger partial charge is 0.274 e. The summed E-state index contributed by atoms with van der Waals surface area (Å²) in [4.78, 5) is 23.7. The molecule has 0 bridgehead atoms. The third-order valence-electron chi connectivity index (χ3n) is 4.80. The fourth-order valence-electron chi connectivity index (χ4n) is 3.32. The molecule has 0 aliphatic carbocycles. The van der Waals surface area contributed by atoms with E-state index in [0.29, 0.717) is 15.8 Å². The van der Waals surface area contributed by atoms with Crippen LogP contribution in [-0.4, -0.2) is 23.2 Å². The lowest BCUT2D eigenvalue weighted by Gasteiger charge is -2.16. The minimum Gasteiger partial charge on any atom is -0.508 e. The predicted molar refractivity (Wildman–Crippen MR) is 124 cm³/mol. The molecule has 2 aliphatic heterocycles. The summed E-state index contributed by atoms with van der Waals surface area (Å²) in [5.41, 5.74) is 2.53. The first-order valence-corrected chi connectivity index (χ1v) is 10.9. The second kappa shape index (κ2) is 7.59. The normalized spacial score (nSPS) is 19.6.